The van der Waals surface area contributed by atoms with Gasteiger partial charge in [-0.3, -0.25) is 0 Å². The van der Waals surface area contributed by atoms with E-state index < -0.39 is 0 Å². The highest BCUT2D eigenvalue weighted by molar-refractivity contribution is 9.10. The van der Waals surface area contributed by atoms with Gasteiger partial charge in [0, 0.05) is 14.5 Å². The third-order valence-electron chi connectivity index (χ3n) is 6.05. The molecule has 0 aliphatic heterocycles. The molecule has 0 spiro atoms. The van der Waals surface area contributed by atoms with E-state index in [9.17, 15) is 0 Å². The Morgan fingerprint density at radius 2 is 0.892 bits per heavy atom. The number of hydrogen-bond donors (Lipinski definition) is 0. The van der Waals surface area contributed by atoms with Gasteiger partial charge in [-0.2, -0.15) is 0 Å². The zero-order valence-corrected chi connectivity index (χ0v) is 26.8. The van der Waals surface area contributed by atoms with Crippen LogP contribution in [0.2, 0.25) is 10.0 Å². The molecule has 4 aromatic carbocycles. The van der Waals surface area contributed by atoms with Crippen LogP contribution in [-0.4, -0.2) is 0 Å². The standard InChI is InChI=1S/C14H16.C10H13Br.C10H12Cl2/c1-14(2,3)13-9-8-11-6-4-5-7-12(11)10-13;1-10(2,3)8-4-6-9(11)7-5-8;1-10(2,3)7-4-8(11)6-9(12)5-7/h4-10H,1-3H3;4-7H,1-3H3;4-6H,1-3H3. The predicted octanol–water partition coefficient (Wildman–Crippen LogP) is 12.2. The summed E-state index contributed by atoms with van der Waals surface area (Å²) in [7, 11) is 0. The van der Waals surface area contributed by atoms with E-state index in [0.29, 0.717) is 10.0 Å². The smallest absolute Gasteiger partial charge is 0.0423 e. The van der Waals surface area contributed by atoms with E-state index in [1.807, 2.05) is 12.1 Å². The molecule has 0 fully saturated rings. The fourth-order valence-corrected chi connectivity index (χ4v) is 4.38. The van der Waals surface area contributed by atoms with Crippen LogP contribution in [0.1, 0.15) is 79.0 Å². The van der Waals surface area contributed by atoms with Gasteiger partial charge in [0.1, 0.15) is 0 Å². The molecule has 37 heavy (non-hydrogen) atoms. The second-order valence-electron chi connectivity index (χ2n) is 12.5. The summed E-state index contributed by atoms with van der Waals surface area (Å²) in [6.45, 7) is 19.8. The summed E-state index contributed by atoms with van der Waals surface area (Å²) in [5, 5.41) is 4.06. The van der Waals surface area contributed by atoms with E-state index in [2.05, 4.69) is 145 Å². The molecule has 0 nitrogen and oxygen atoms in total. The quantitative estimate of drug-likeness (QED) is 0.188. The molecule has 0 unspecified atom stereocenters. The van der Waals surface area contributed by atoms with Gasteiger partial charge in [-0.05, 0) is 74.0 Å². The minimum atomic E-state index is 0.106. The number of hydrogen-bond acceptors (Lipinski definition) is 0. The summed E-state index contributed by atoms with van der Waals surface area (Å²) in [5.41, 5.74) is 4.55. The van der Waals surface area contributed by atoms with Crippen molar-refractivity contribution in [2.45, 2.75) is 78.6 Å². The maximum atomic E-state index is 5.87. The summed E-state index contributed by atoms with van der Waals surface area (Å²) in [6.07, 6.45) is 0. The van der Waals surface area contributed by atoms with Gasteiger partial charge in [-0.25, -0.2) is 0 Å². The van der Waals surface area contributed by atoms with E-state index in [0.717, 1.165) is 4.47 Å². The molecule has 4 rings (SSSR count). The zero-order valence-electron chi connectivity index (χ0n) is 23.7. The lowest BCUT2D eigenvalue weighted by molar-refractivity contribution is 0.590. The number of rotatable bonds is 0. The molecule has 3 heteroatoms. The van der Waals surface area contributed by atoms with E-state index in [1.165, 1.54) is 27.5 Å². The third kappa shape index (κ3) is 10.5. The number of benzene rings is 4. The van der Waals surface area contributed by atoms with Gasteiger partial charge in [0.15, 0.2) is 0 Å². The van der Waals surface area contributed by atoms with Crippen LogP contribution in [0.15, 0.2) is 89.4 Å². The average Bonchev–Trinajstić information content (AvgIpc) is 2.77. The SMILES string of the molecule is CC(C)(C)c1cc(Cl)cc(Cl)c1.CC(C)(C)c1ccc(Br)cc1.CC(C)(C)c1ccc2ccccc2c1. The molecular formula is C34H41BrCl2. The highest BCUT2D eigenvalue weighted by Crippen LogP contribution is 2.28. The van der Waals surface area contributed by atoms with Crippen LogP contribution in [0.4, 0.5) is 0 Å². The van der Waals surface area contributed by atoms with Crippen LogP contribution < -0.4 is 0 Å². The first kappa shape index (κ1) is 31.4. The van der Waals surface area contributed by atoms with Crippen LogP contribution in [0, 0.1) is 0 Å². The lowest BCUT2D eigenvalue weighted by Crippen LogP contribution is -2.10. The van der Waals surface area contributed by atoms with E-state index in [4.69, 9.17) is 23.2 Å². The first-order valence-corrected chi connectivity index (χ1v) is 14.2. The number of fused-ring (bicyclic) bond motifs is 1. The monoisotopic (exact) mass is 598 g/mol. The van der Waals surface area contributed by atoms with E-state index in [1.54, 1.807) is 6.07 Å². The van der Waals surface area contributed by atoms with Crippen LogP contribution in [0.25, 0.3) is 10.8 Å². The molecule has 0 bridgehead atoms. The average molecular weight is 601 g/mol. The van der Waals surface area contributed by atoms with Gasteiger partial charge in [0.25, 0.3) is 0 Å². The molecule has 0 radical (unpaired) electrons. The van der Waals surface area contributed by atoms with Gasteiger partial charge in [0.2, 0.25) is 0 Å². The zero-order chi connectivity index (χ0) is 28.0. The van der Waals surface area contributed by atoms with Crippen molar-refractivity contribution in [3.63, 3.8) is 0 Å². The first-order valence-electron chi connectivity index (χ1n) is 12.7. The Balaban J connectivity index is 0.000000197. The molecule has 0 aromatic heterocycles. The second-order valence-corrected chi connectivity index (χ2v) is 14.3. The molecule has 4 aromatic rings. The van der Waals surface area contributed by atoms with Crippen molar-refractivity contribution in [2.24, 2.45) is 0 Å². The molecule has 0 atom stereocenters. The Bertz CT molecular complexity index is 1260. The maximum absolute atomic E-state index is 5.87. The van der Waals surface area contributed by atoms with Crippen molar-refractivity contribution in [1.82, 2.24) is 0 Å². The summed E-state index contributed by atoms with van der Waals surface area (Å²) in [6, 6.07) is 29.3. The maximum Gasteiger partial charge on any atom is 0.0423 e. The second kappa shape index (κ2) is 12.8. The predicted molar refractivity (Wildman–Crippen MR) is 171 cm³/mol. The summed E-state index contributed by atoms with van der Waals surface area (Å²) >= 11 is 15.2. The van der Waals surface area contributed by atoms with Crippen LogP contribution in [-0.2, 0) is 16.2 Å². The van der Waals surface area contributed by atoms with Crippen molar-refractivity contribution in [3.05, 3.63) is 116 Å². The molecule has 0 aliphatic rings. The van der Waals surface area contributed by atoms with Gasteiger partial charge in [0.05, 0.1) is 0 Å². The van der Waals surface area contributed by atoms with E-state index in [-0.39, 0.29) is 16.2 Å². The molecule has 0 saturated heterocycles. The molecule has 198 valence electrons. The molecule has 0 N–H and O–H groups in total. The third-order valence-corrected chi connectivity index (χ3v) is 7.02. The number of halogens is 3. The Hall–Kier alpha value is -1.80. The minimum absolute atomic E-state index is 0.106. The molecule has 0 heterocycles. The van der Waals surface area contributed by atoms with Gasteiger partial charge >= 0.3 is 0 Å². The Kier molecular flexibility index (Phi) is 10.9. The summed E-state index contributed by atoms with van der Waals surface area (Å²) in [4.78, 5) is 0. The van der Waals surface area contributed by atoms with Crippen LogP contribution in [0.5, 0.6) is 0 Å². The highest BCUT2D eigenvalue weighted by atomic mass is 79.9. The largest absolute Gasteiger partial charge is 0.0843 e. The normalized spacial score (nSPS) is 11.8. The topological polar surface area (TPSA) is 0 Å². The Morgan fingerprint density at radius 1 is 0.459 bits per heavy atom. The van der Waals surface area contributed by atoms with Crippen molar-refractivity contribution in [2.75, 3.05) is 0 Å². The molecule has 0 saturated carbocycles. The van der Waals surface area contributed by atoms with Crippen LogP contribution in [0.3, 0.4) is 0 Å². The Morgan fingerprint density at radius 3 is 1.35 bits per heavy atom. The fourth-order valence-electron chi connectivity index (χ4n) is 3.59. The first-order chi connectivity index (χ1) is 17.0. The molecule has 0 aliphatic carbocycles. The van der Waals surface area contributed by atoms with Gasteiger partial charge < -0.3 is 0 Å². The van der Waals surface area contributed by atoms with Crippen molar-refractivity contribution >= 4 is 49.9 Å². The Labute approximate surface area is 243 Å². The van der Waals surface area contributed by atoms with Gasteiger partial charge in [-0.1, -0.05) is 156 Å². The van der Waals surface area contributed by atoms with E-state index >= 15 is 0 Å². The lowest BCUT2D eigenvalue weighted by atomic mass is 9.86. The summed E-state index contributed by atoms with van der Waals surface area (Å²) in [5.74, 6) is 0. The van der Waals surface area contributed by atoms with Crippen molar-refractivity contribution < 1.29 is 0 Å². The fraction of sp³-hybridized carbons (Fsp3) is 0.353. The van der Waals surface area contributed by atoms with Crippen LogP contribution >= 0.6 is 39.1 Å². The highest BCUT2D eigenvalue weighted by Gasteiger charge is 2.15. The van der Waals surface area contributed by atoms with Crippen molar-refractivity contribution in [1.29, 1.82) is 0 Å². The molecule has 0 amide bonds. The summed E-state index contributed by atoms with van der Waals surface area (Å²) < 4.78 is 1.14. The minimum Gasteiger partial charge on any atom is -0.0843 e. The van der Waals surface area contributed by atoms with Crippen molar-refractivity contribution in [3.8, 4) is 0 Å². The lowest BCUT2D eigenvalue weighted by Gasteiger charge is -2.19. The molecular weight excluding hydrogens is 559 g/mol. The van der Waals surface area contributed by atoms with Gasteiger partial charge in [-0.15, -0.1) is 0 Å².